The van der Waals surface area contributed by atoms with Crippen LogP contribution in [0.4, 0.5) is 4.79 Å². The van der Waals surface area contributed by atoms with Crippen LogP contribution in [-0.2, 0) is 4.79 Å². The van der Waals surface area contributed by atoms with Gasteiger partial charge in [-0.15, -0.1) is 0 Å². The van der Waals surface area contributed by atoms with Crippen LogP contribution in [0.1, 0.15) is 17.0 Å². The maximum absolute atomic E-state index is 11.7. The molecule has 1 aliphatic heterocycles. The third-order valence-corrected chi connectivity index (χ3v) is 5.66. The van der Waals surface area contributed by atoms with Crippen molar-refractivity contribution in [3.05, 3.63) is 50.1 Å². The second-order valence-corrected chi connectivity index (χ2v) is 7.87. The van der Waals surface area contributed by atoms with Crippen molar-refractivity contribution in [3.8, 4) is 11.4 Å². The molecule has 0 atom stereocenters. The summed E-state index contributed by atoms with van der Waals surface area (Å²) < 4.78 is 0. The number of H-pyrrole nitrogens is 1. The van der Waals surface area contributed by atoms with Gasteiger partial charge in [0, 0.05) is 11.3 Å². The Bertz CT molecular complexity index is 1130. The van der Waals surface area contributed by atoms with Crippen LogP contribution in [0, 0.1) is 13.8 Å². The third-order valence-electron chi connectivity index (χ3n) is 4.13. The number of pyridine rings is 1. The SMILES string of the molecule is Cc1cc(-c2nc3cc(Cl)c(Cl)cc3[nH]2)c(C)nc1/C=C1/SC(=O)NC1=O. The van der Waals surface area contributed by atoms with Crippen LogP contribution in [-0.4, -0.2) is 26.1 Å². The third kappa shape index (κ3) is 3.34. The van der Waals surface area contributed by atoms with E-state index in [9.17, 15) is 9.59 Å². The van der Waals surface area contributed by atoms with Gasteiger partial charge in [0.1, 0.15) is 5.82 Å². The Labute approximate surface area is 168 Å². The number of hydrogen-bond donors (Lipinski definition) is 2. The van der Waals surface area contributed by atoms with Gasteiger partial charge in [-0.1, -0.05) is 23.2 Å². The van der Waals surface area contributed by atoms with Gasteiger partial charge >= 0.3 is 0 Å². The molecule has 9 heteroatoms. The molecule has 2 N–H and O–H groups in total. The van der Waals surface area contributed by atoms with Gasteiger partial charge in [0.05, 0.1) is 31.7 Å². The van der Waals surface area contributed by atoms with Crippen LogP contribution >= 0.6 is 35.0 Å². The van der Waals surface area contributed by atoms with Gasteiger partial charge in [0.25, 0.3) is 11.1 Å². The molecule has 0 bridgehead atoms. The molecule has 6 nitrogen and oxygen atoms in total. The van der Waals surface area contributed by atoms with E-state index >= 15 is 0 Å². The Morgan fingerprint density at radius 2 is 1.81 bits per heavy atom. The van der Waals surface area contributed by atoms with Gasteiger partial charge in [-0.3, -0.25) is 19.9 Å². The summed E-state index contributed by atoms with van der Waals surface area (Å²) in [5, 5.41) is 2.75. The van der Waals surface area contributed by atoms with Crippen molar-refractivity contribution >= 4 is 63.2 Å². The second-order valence-electron chi connectivity index (χ2n) is 6.04. The summed E-state index contributed by atoms with van der Waals surface area (Å²) in [7, 11) is 0. The minimum absolute atomic E-state index is 0.329. The van der Waals surface area contributed by atoms with Gasteiger partial charge < -0.3 is 4.98 Å². The van der Waals surface area contributed by atoms with Gasteiger partial charge in [-0.25, -0.2) is 4.98 Å². The second kappa shape index (κ2) is 6.67. The van der Waals surface area contributed by atoms with Crippen LogP contribution in [0.15, 0.2) is 23.1 Å². The Balaban J connectivity index is 1.77. The van der Waals surface area contributed by atoms with Crippen LogP contribution in [0.2, 0.25) is 10.0 Å². The Morgan fingerprint density at radius 3 is 2.52 bits per heavy atom. The molecule has 136 valence electrons. The Morgan fingerprint density at radius 1 is 1.07 bits per heavy atom. The van der Waals surface area contributed by atoms with Gasteiger partial charge in [-0.2, -0.15) is 0 Å². The normalized spacial score (nSPS) is 15.8. The van der Waals surface area contributed by atoms with E-state index in [0.29, 0.717) is 32.0 Å². The van der Waals surface area contributed by atoms with Crippen molar-refractivity contribution in [2.75, 3.05) is 0 Å². The van der Waals surface area contributed by atoms with Crippen molar-refractivity contribution < 1.29 is 9.59 Å². The molecule has 1 fully saturated rings. The number of benzene rings is 1. The molecular weight excluding hydrogens is 407 g/mol. The van der Waals surface area contributed by atoms with E-state index in [0.717, 1.165) is 34.1 Å². The molecule has 0 aliphatic carbocycles. The summed E-state index contributed by atoms with van der Waals surface area (Å²) >= 11 is 13.0. The number of imidazole rings is 1. The number of aromatic amines is 1. The zero-order chi connectivity index (χ0) is 19.3. The van der Waals surface area contributed by atoms with E-state index in [1.54, 1.807) is 18.2 Å². The lowest BCUT2D eigenvalue weighted by Gasteiger charge is -2.07. The topological polar surface area (TPSA) is 87.7 Å². The van der Waals surface area contributed by atoms with Crippen molar-refractivity contribution in [3.63, 3.8) is 0 Å². The molecule has 2 aromatic heterocycles. The monoisotopic (exact) mass is 418 g/mol. The summed E-state index contributed by atoms with van der Waals surface area (Å²) in [6, 6.07) is 5.38. The van der Waals surface area contributed by atoms with E-state index in [4.69, 9.17) is 23.2 Å². The Hall–Kier alpha value is -2.35. The van der Waals surface area contributed by atoms with Gasteiger partial charge in [0.15, 0.2) is 0 Å². The Kier molecular flexibility index (Phi) is 4.46. The van der Waals surface area contributed by atoms with Gasteiger partial charge in [0.2, 0.25) is 0 Å². The van der Waals surface area contributed by atoms with Crippen LogP contribution in [0.5, 0.6) is 0 Å². The number of nitrogens with zero attached hydrogens (tertiary/aromatic N) is 2. The summed E-state index contributed by atoms with van der Waals surface area (Å²) in [5.74, 6) is 0.248. The number of halogens is 2. The van der Waals surface area contributed by atoms with E-state index in [-0.39, 0.29) is 5.24 Å². The van der Waals surface area contributed by atoms with E-state index in [2.05, 4.69) is 20.3 Å². The first-order valence-electron chi connectivity index (χ1n) is 7.90. The fourth-order valence-corrected chi connectivity index (χ4v) is 3.77. The minimum atomic E-state index is -0.404. The summed E-state index contributed by atoms with van der Waals surface area (Å²) in [6.07, 6.45) is 1.62. The highest BCUT2D eigenvalue weighted by Crippen LogP contribution is 2.31. The van der Waals surface area contributed by atoms with Crippen molar-refractivity contribution in [1.29, 1.82) is 0 Å². The quantitative estimate of drug-likeness (QED) is 0.579. The number of carbonyl (C=O) groups is 2. The fourth-order valence-electron chi connectivity index (χ4n) is 2.79. The van der Waals surface area contributed by atoms with E-state index in [1.165, 1.54) is 0 Å². The molecule has 3 heterocycles. The predicted molar refractivity (Wildman–Crippen MR) is 108 cm³/mol. The molecule has 1 saturated heterocycles. The van der Waals surface area contributed by atoms with Crippen molar-refractivity contribution in [1.82, 2.24) is 20.3 Å². The molecule has 1 aromatic carbocycles. The average molecular weight is 419 g/mol. The molecule has 4 rings (SSSR count). The van der Waals surface area contributed by atoms with E-state index < -0.39 is 5.91 Å². The lowest BCUT2D eigenvalue weighted by Crippen LogP contribution is -2.17. The maximum Gasteiger partial charge on any atom is 0.290 e. The van der Waals surface area contributed by atoms with Gasteiger partial charge in [-0.05, 0) is 55.4 Å². The number of fused-ring (bicyclic) bond motifs is 1. The number of thioether (sulfide) groups is 1. The number of aromatic nitrogens is 3. The molecule has 0 radical (unpaired) electrons. The zero-order valence-electron chi connectivity index (χ0n) is 14.2. The highest BCUT2D eigenvalue weighted by Gasteiger charge is 2.25. The molecule has 2 amide bonds. The highest BCUT2D eigenvalue weighted by molar-refractivity contribution is 8.18. The van der Waals surface area contributed by atoms with E-state index in [1.807, 2.05) is 19.9 Å². The molecular formula is C18H12Cl2N4O2S. The molecule has 0 saturated carbocycles. The smallest absolute Gasteiger partial charge is 0.290 e. The fraction of sp³-hybridized carbons (Fsp3) is 0.111. The number of aryl methyl sites for hydroxylation is 2. The number of hydrogen-bond acceptors (Lipinski definition) is 5. The first-order chi connectivity index (χ1) is 12.8. The minimum Gasteiger partial charge on any atom is -0.338 e. The van der Waals surface area contributed by atoms with Crippen molar-refractivity contribution in [2.45, 2.75) is 13.8 Å². The molecule has 0 unspecified atom stereocenters. The first kappa shape index (κ1) is 18.0. The average Bonchev–Trinajstić information content (AvgIpc) is 3.13. The predicted octanol–water partition coefficient (Wildman–Crippen LogP) is 4.87. The number of carbonyl (C=O) groups excluding carboxylic acids is 2. The molecule has 27 heavy (non-hydrogen) atoms. The lowest BCUT2D eigenvalue weighted by atomic mass is 10.1. The number of amides is 2. The molecule has 1 aliphatic rings. The van der Waals surface area contributed by atoms with Crippen LogP contribution in [0.25, 0.3) is 28.5 Å². The number of rotatable bonds is 2. The highest BCUT2D eigenvalue weighted by atomic mass is 35.5. The summed E-state index contributed by atoms with van der Waals surface area (Å²) in [5.41, 5.74) is 4.54. The van der Waals surface area contributed by atoms with Crippen molar-refractivity contribution in [2.24, 2.45) is 0 Å². The zero-order valence-corrected chi connectivity index (χ0v) is 16.5. The standard InChI is InChI=1S/C18H12Cl2N4O2S/c1-7-3-9(16-22-13-4-10(19)11(20)5-14(13)23-16)8(2)21-12(7)6-15-17(25)24-18(26)27-15/h3-6H,1-2H3,(H,22,23)(H,24,25,26)/b15-6+. The van der Waals surface area contributed by atoms with Crippen LogP contribution in [0.3, 0.4) is 0 Å². The molecule has 3 aromatic rings. The number of nitrogens with one attached hydrogen (secondary N) is 2. The van der Waals surface area contributed by atoms with Crippen LogP contribution < -0.4 is 5.32 Å². The maximum atomic E-state index is 11.7. The largest absolute Gasteiger partial charge is 0.338 e. The summed E-state index contributed by atoms with van der Waals surface area (Å²) in [6.45, 7) is 3.75. The first-order valence-corrected chi connectivity index (χ1v) is 9.47. The lowest BCUT2D eigenvalue weighted by molar-refractivity contribution is -0.115. The summed E-state index contributed by atoms with van der Waals surface area (Å²) in [4.78, 5) is 35.8. The molecule has 0 spiro atoms. The number of imide groups is 1.